The Morgan fingerprint density at radius 3 is 1.79 bits per heavy atom. The molecule has 0 aliphatic carbocycles. The number of carboxylic acid groups (broad SMARTS) is 2. The van der Waals surface area contributed by atoms with Gasteiger partial charge < -0.3 is 37.0 Å². The number of rotatable bonds is 11. The highest BCUT2D eigenvalue weighted by molar-refractivity contribution is 5.94. The van der Waals surface area contributed by atoms with Gasteiger partial charge in [-0.05, 0) is 19.8 Å². The maximum Gasteiger partial charge on any atom is 0.326 e. The van der Waals surface area contributed by atoms with Gasteiger partial charge in [0.25, 0.3) is 0 Å². The van der Waals surface area contributed by atoms with Crippen LogP contribution in [-0.2, 0) is 24.0 Å². The molecule has 0 aliphatic heterocycles. The Labute approximate surface area is 161 Å². The molecule has 160 valence electrons. The predicted molar refractivity (Wildman–Crippen MR) is 95.8 cm³/mol. The molecule has 0 fully saturated rings. The molecule has 0 spiro atoms. The Morgan fingerprint density at radius 1 is 0.857 bits per heavy atom. The lowest BCUT2D eigenvalue weighted by atomic mass is 10.0. The molecule has 8 N–H and O–H groups in total. The maximum absolute atomic E-state index is 12.2. The van der Waals surface area contributed by atoms with Crippen LogP contribution >= 0.6 is 0 Å². The highest BCUT2D eigenvalue weighted by Crippen LogP contribution is 2.01. The smallest absolute Gasteiger partial charge is 0.326 e. The minimum absolute atomic E-state index is 0.173. The second-order valence-corrected chi connectivity index (χ2v) is 6.72. The van der Waals surface area contributed by atoms with Gasteiger partial charge in [-0.15, -0.1) is 0 Å². The molecule has 0 aromatic rings. The second-order valence-electron chi connectivity index (χ2n) is 6.72. The summed E-state index contributed by atoms with van der Waals surface area (Å²) in [5.41, 5.74) is 5.68. The van der Waals surface area contributed by atoms with Crippen LogP contribution in [0, 0.1) is 5.92 Å². The number of nitrogens with two attached hydrogens (primary N) is 1. The summed E-state index contributed by atoms with van der Waals surface area (Å²) in [5, 5.41) is 33.9. The number of hydrogen-bond donors (Lipinski definition) is 7. The van der Waals surface area contributed by atoms with Crippen molar-refractivity contribution in [3.05, 3.63) is 0 Å². The van der Waals surface area contributed by atoms with Crippen molar-refractivity contribution in [2.75, 3.05) is 0 Å². The van der Waals surface area contributed by atoms with E-state index in [1.165, 1.54) is 13.8 Å². The average molecular weight is 404 g/mol. The summed E-state index contributed by atoms with van der Waals surface area (Å²) in [6.07, 6.45) is -2.31. The first-order chi connectivity index (χ1) is 12.8. The Bertz CT molecular complexity index is 607. The van der Waals surface area contributed by atoms with E-state index < -0.39 is 66.4 Å². The molecule has 0 radical (unpaired) electrons. The molecule has 0 aromatic heterocycles. The zero-order valence-corrected chi connectivity index (χ0v) is 16.1. The van der Waals surface area contributed by atoms with Crippen LogP contribution in [0.15, 0.2) is 0 Å². The quantitative estimate of drug-likeness (QED) is 0.192. The molecule has 0 aromatic carbocycles. The number of carbonyl (C=O) groups excluding carboxylic acids is 3. The first kappa shape index (κ1) is 25.3. The summed E-state index contributed by atoms with van der Waals surface area (Å²) >= 11 is 0. The number of aliphatic carboxylic acids is 2. The molecule has 0 heterocycles. The first-order valence-electron chi connectivity index (χ1n) is 8.57. The lowest BCUT2D eigenvalue weighted by molar-refractivity contribution is -0.147. The van der Waals surface area contributed by atoms with Crippen molar-refractivity contribution in [3.8, 4) is 0 Å². The fourth-order valence-corrected chi connectivity index (χ4v) is 2.00. The number of aliphatic hydroxyl groups excluding tert-OH is 1. The van der Waals surface area contributed by atoms with Gasteiger partial charge in [-0.3, -0.25) is 19.2 Å². The number of nitrogens with one attached hydrogen (secondary N) is 3. The zero-order chi connectivity index (χ0) is 22.2. The molecule has 12 heteroatoms. The van der Waals surface area contributed by atoms with Crippen LogP contribution in [0.1, 0.15) is 34.1 Å². The highest BCUT2D eigenvalue weighted by Gasteiger charge is 2.32. The fraction of sp³-hybridized carbons (Fsp3) is 0.688. The lowest BCUT2D eigenvalue weighted by Gasteiger charge is -2.25. The van der Waals surface area contributed by atoms with Gasteiger partial charge in [-0.2, -0.15) is 0 Å². The van der Waals surface area contributed by atoms with E-state index in [1.54, 1.807) is 13.8 Å². The van der Waals surface area contributed by atoms with Gasteiger partial charge in [0.1, 0.15) is 18.1 Å². The molecule has 0 bridgehead atoms. The van der Waals surface area contributed by atoms with Crippen LogP contribution in [-0.4, -0.2) is 75.3 Å². The first-order valence-corrected chi connectivity index (χ1v) is 8.57. The Kier molecular flexibility index (Phi) is 10.1. The van der Waals surface area contributed by atoms with Crippen LogP contribution in [0.25, 0.3) is 0 Å². The van der Waals surface area contributed by atoms with Crippen molar-refractivity contribution in [3.63, 3.8) is 0 Å². The summed E-state index contributed by atoms with van der Waals surface area (Å²) in [4.78, 5) is 58.1. The van der Waals surface area contributed by atoms with Gasteiger partial charge in [0.05, 0.1) is 18.6 Å². The predicted octanol–water partition coefficient (Wildman–Crippen LogP) is -2.62. The van der Waals surface area contributed by atoms with Crippen LogP contribution in [0.4, 0.5) is 0 Å². The van der Waals surface area contributed by atoms with E-state index in [0.29, 0.717) is 0 Å². The van der Waals surface area contributed by atoms with E-state index in [4.69, 9.17) is 15.9 Å². The monoisotopic (exact) mass is 404 g/mol. The molecular formula is C16H28N4O8. The van der Waals surface area contributed by atoms with Gasteiger partial charge >= 0.3 is 11.9 Å². The molecule has 0 saturated heterocycles. The minimum atomic E-state index is -1.75. The number of aliphatic hydroxyl groups is 1. The third kappa shape index (κ3) is 8.31. The van der Waals surface area contributed by atoms with Crippen molar-refractivity contribution in [2.24, 2.45) is 11.7 Å². The maximum atomic E-state index is 12.2. The number of hydrogen-bond acceptors (Lipinski definition) is 7. The largest absolute Gasteiger partial charge is 0.481 e. The third-order valence-electron chi connectivity index (χ3n) is 3.83. The molecule has 5 atom stereocenters. The van der Waals surface area contributed by atoms with Gasteiger partial charge in [0, 0.05) is 0 Å². The van der Waals surface area contributed by atoms with Crippen molar-refractivity contribution < 1.29 is 39.3 Å². The molecule has 5 unspecified atom stereocenters. The van der Waals surface area contributed by atoms with Crippen LogP contribution < -0.4 is 21.7 Å². The van der Waals surface area contributed by atoms with Gasteiger partial charge in [0.2, 0.25) is 17.7 Å². The Hall–Kier alpha value is -2.73. The summed E-state index contributed by atoms with van der Waals surface area (Å²) in [6.45, 7) is 5.95. The van der Waals surface area contributed by atoms with E-state index in [-0.39, 0.29) is 5.92 Å². The van der Waals surface area contributed by atoms with Gasteiger partial charge in [0.15, 0.2) is 0 Å². The van der Waals surface area contributed by atoms with Gasteiger partial charge in [-0.1, -0.05) is 13.8 Å². The van der Waals surface area contributed by atoms with Crippen LogP contribution in [0.5, 0.6) is 0 Å². The fourth-order valence-electron chi connectivity index (χ4n) is 2.00. The SMILES string of the molecule is CC(NC(=O)C(N)C(C)C)C(=O)NC(C(=O)NC(CC(=O)O)C(=O)O)C(C)O. The Morgan fingerprint density at radius 2 is 1.39 bits per heavy atom. The topological polar surface area (TPSA) is 208 Å². The van der Waals surface area contributed by atoms with Crippen LogP contribution in [0.2, 0.25) is 0 Å². The van der Waals surface area contributed by atoms with E-state index in [0.717, 1.165) is 0 Å². The summed E-state index contributed by atoms with van der Waals surface area (Å²) in [5.74, 6) is -5.71. The molecule has 12 nitrogen and oxygen atoms in total. The van der Waals surface area contributed by atoms with E-state index in [1.807, 2.05) is 5.32 Å². The second kappa shape index (κ2) is 11.2. The van der Waals surface area contributed by atoms with Crippen LogP contribution in [0.3, 0.4) is 0 Å². The molecule has 3 amide bonds. The normalized spacial score (nSPS) is 16.2. The third-order valence-corrected chi connectivity index (χ3v) is 3.83. The number of amides is 3. The van der Waals surface area contributed by atoms with Gasteiger partial charge in [-0.25, -0.2) is 4.79 Å². The van der Waals surface area contributed by atoms with E-state index in [9.17, 15) is 29.1 Å². The summed E-state index contributed by atoms with van der Waals surface area (Å²) in [7, 11) is 0. The molecule has 28 heavy (non-hydrogen) atoms. The molecular weight excluding hydrogens is 376 g/mol. The van der Waals surface area contributed by atoms with Crippen molar-refractivity contribution in [1.82, 2.24) is 16.0 Å². The van der Waals surface area contributed by atoms with E-state index >= 15 is 0 Å². The van der Waals surface area contributed by atoms with Crippen molar-refractivity contribution in [2.45, 2.75) is 64.4 Å². The molecule has 0 aliphatic rings. The standard InChI is InChI=1S/C16H28N4O8/c1-6(2)11(17)14(25)18-7(3)13(24)20-12(8(4)21)15(26)19-9(16(27)28)5-10(22)23/h6-9,11-12,21H,5,17H2,1-4H3,(H,18,25)(H,19,26)(H,20,24)(H,22,23)(H,27,28). The molecule has 0 saturated carbocycles. The number of carboxylic acids is 2. The Balaban J connectivity index is 5.06. The average Bonchev–Trinajstić information content (AvgIpc) is 2.56. The summed E-state index contributed by atoms with van der Waals surface area (Å²) < 4.78 is 0. The minimum Gasteiger partial charge on any atom is -0.481 e. The summed E-state index contributed by atoms with van der Waals surface area (Å²) in [6, 6.07) is -5.26. The van der Waals surface area contributed by atoms with E-state index in [2.05, 4.69) is 10.6 Å². The van der Waals surface area contributed by atoms with Crippen molar-refractivity contribution in [1.29, 1.82) is 0 Å². The molecule has 0 rings (SSSR count). The zero-order valence-electron chi connectivity index (χ0n) is 16.1. The lowest BCUT2D eigenvalue weighted by Crippen LogP contribution is -2.59. The van der Waals surface area contributed by atoms with Crippen molar-refractivity contribution >= 4 is 29.7 Å². The highest BCUT2D eigenvalue weighted by atomic mass is 16.4. The number of carbonyl (C=O) groups is 5.